The maximum absolute atomic E-state index is 13.8. The Morgan fingerprint density at radius 2 is 1.73 bits per heavy atom. The van der Waals surface area contributed by atoms with Crippen LogP contribution in [0, 0.1) is 10.7 Å². The first-order valence-corrected chi connectivity index (χ1v) is 7.34. The van der Waals surface area contributed by atoms with Gasteiger partial charge in [0.25, 0.3) is 5.91 Å². The number of phenolic OH excluding ortho intramolecular Hbond substituents is 1. The van der Waals surface area contributed by atoms with E-state index in [1.807, 2.05) is 0 Å². The van der Waals surface area contributed by atoms with Crippen molar-refractivity contribution in [1.29, 1.82) is 0 Å². The van der Waals surface area contributed by atoms with Crippen LogP contribution < -0.4 is 10.7 Å². The summed E-state index contributed by atoms with van der Waals surface area (Å²) in [5.74, 6) is -3.88. The van der Waals surface area contributed by atoms with Gasteiger partial charge in [-0.05, 0) is 34.8 Å². The van der Waals surface area contributed by atoms with Crippen LogP contribution >= 0.6 is 0 Å². The van der Waals surface area contributed by atoms with Gasteiger partial charge in [0.15, 0.2) is 23.0 Å². The van der Waals surface area contributed by atoms with Gasteiger partial charge in [0, 0.05) is 17.3 Å². The number of phenols is 1. The number of anilines is 1. The van der Waals surface area contributed by atoms with E-state index >= 15 is 0 Å². The highest BCUT2D eigenvalue weighted by Crippen LogP contribution is 2.40. The molecule has 0 heterocycles. The van der Waals surface area contributed by atoms with Crippen molar-refractivity contribution in [2.75, 3.05) is 5.32 Å². The average molecular weight is 354 g/mol. The Kier molecular flexibility index (Phi) is 4.32. The lowest BCUT2D eigenvalue weighted by atomic mass is 10.1. The highest BCUT2D eigenvalue weighted by molar-refractivity contribution is 6.08. The van der Waals surface area contributed by atoms with Crippen molar-refractivity contribution in [2.24, 2.45) is 5.18 Å². The van der Waals surface area contributed by atoms with Crippen molar-refractivity contribution in [3.63, 3.8) is 0 Å². The second-order valence-electron chi connectivity index (χ2n) is 5.39. The number of fused-ring (bicyclic) bond motifs is 1. The number of hydrogen-bond donors (Lipinski definition) is 3. The summed E-state index contributed by atoms with van der Waals surface area (Å²) in [5, 5.41) is 24.1. The smallest absolute Gasteiger partial charge is 0.255 e. The van der Waals surface area contributed by atoms with Gasteiger partial charge >= 0.3 is 0 Å². The lowest BCUT2D eigenvalue weighted by molar-refractivity contribution is 0.102. The number of nitrogens with zero attached hydrogens (tertiary/aromatic N) is 1. The number of aromatic hydroxyl groups is 2. The second kappa shape index (κ2) is 6.60. The summed E-state index contributed by atoms with van der Waals surface area (Å²) in [7, 11) is 0. The summed E-state index contributed by atoms with van der Waals surface area (Å²) in [4.78, 5) is 35.5. The van der Waals surface area contributed by atoms with Crippen LogP contribution in [0.25, 0.3) is 10.8 Å². The summed E-state index contributed by atoms with van der Waals surface area (Å²) in [6.07, 6.45) is 0. The van der Waals surface area contributed by atoms with Gasteiger partial charge in [-0.1, -0.05) is 18.2 Å². The van der Waals surface area contributed by atoms with E-state index in [1.54, 1.807) is 30.3 Å². The van der Waals surface area contributed by atoms with Crippen LogP contribution in [0.2, 0.25) is 0 Å². The van der Waals surface area contributed by atoms with E-state index in [0.717, 1.165) is 18.2 Å². The topological polar surface area (TPSA) is 116 Å². The number of nitrogens with one attached hydrogen (secondary N) is 1. The molecule has 3 rings (SSSR count). The first-order valence-electron chi connectivity index (χ1n) is 7.34. The molecule has 3 aromatic carbocycles. The Balaban J connectivity index is 2.25. The van der Waals surface area contributed by atoms with Gasteiger partial charge in [-0.15, -0.1) is 4.91 Å². The van der Waals surface area contributed by atoms with Crippen molar-refractivity contribution in [3.8, 4) is 11.5 Å². The molecule has 0 unspecified atom stereocenters. The third kappa shape index (κ3) is 2.95. The Morgan fingerprint density at radius 1 is 1.04 bits per heavy atom. The minimum absolute atomic E-state index is 0.146. The minimum Gasteiger partial charge on any atom is -0.504 e. The van der Waals surface area contributed by atoms with Crippen LogP contribution in [-0.2, 0) is 0 Å². The Hall–Kier alpha value is -3.81. The largest absolute Gasteiger partial charge is 0.504 e. The van der Waals surface area contributed by atoms with Crippen molar-refractivity contribution in [1.82, 2.24) is 0 Å². The summed E-state index contributed by atoms with van der Waals surface area (Å²) in [5.41, 5.74) is -1.52. The SMILES string of the molecule is O=Nc1c(O)c(F)cc2cc(C(=O)Nc3ccccc3)cc(=O)c(O)c12. The van der Waals surface area contributed by atoms with E-state index in [-0.39, 0.29) is 10.9 Å². The number of rotatable bonds is 3. The third-order valence-electron chi connectivity index (χ3n) is 3.71. The number of hydrogen-bond acceptors (Lipinski definition) is 6. The summed E-state index contributed by atoms with van der Waals surface area (Å²) >= 11 is 0. The van der Waals surface area contributed by atoms with Crippen molar-refractivity contribution in [2.45, 2.75) is 0 Å². The van der Waals surface area contributed by atoms with Gasteiger partial charge in [0.2, 0.25) is 5.43 Å². The molecule has 0 radical (unpaired) electrons. The predicted molar refractivity (Wildman–Crippen MR) is 93.4 cm³/mol. The highest BCUT2D eigenvalue weighted by Gasteiger charge is 2.19. The number of halogens is 1. The number of carbonyl (C=O) groups is 1. The molecular formula is C18H11FN2O5. The first-order chi connectivity index (χ1) is 12.4. The van der Waals surface area contributed by atoms with Gasteiger partial charge in [0.1, 0.15) is 0 Å². The average Bonchev–Trinajstić information content (AvgIpc) is 2.74. The molecule has 0 fully saturated rings. The molecule has 0 bridgehead atoms. The first kappa shape index (κ1) is 17.0. The number of nitroso groups, excluding NO2 is 1. The van der Waals surface area contributed by atoms with Crippen LogP contribution in [-0.4, -0.2) is 16.1 Å². The minimum atomic E-state index is -1.18. The van der Waals surface area contributed by atoms with Gasteiger partial charge in [-0.25, -0.2) is 4.39 Å². The van der Waals surface area contributed by atoms with Crippen LogP contribution in [0.1, 0.15) is 10.4 Å². The van der Waals surface area contributed by atoms with Crippen molar-refractivity contribution >= 4 is 28.1 Å². The number of para-hydroxylation sites is 1. The summed E-state index contributed by atoms with van der Waals surface area (Å²) in [6.45, 7) is 0. The molecule has 8 heteroatoms. The molecule has 3 N–H and O–H groups in total. The Morgan fingerprint density at radius 3 is 2.38 bits per heavy atom. The molecule has 0 aliphatic rings. The molecule has 0 aromatic heterocycles. The molecule has 0 saturated heterocycles. The third-order valence-corrected chi connectivity index (χ3v) is 3.71. The summed E-state index contributed by atoms with van der Waals surface area (Å²) in [6, 6.07) is 11.1. The molecule has 0 atom stereocenters. The van der Waals surface area contributed by atoms with Crippen LogP contribution in [0.5, 0.6) is 11.5 Å². The van der Waals surface area contributed by atoms with Gasteiger partial charge in [-0.2, -0.15) is 0 Å². The van der Waals surface area contributed by atoms with Gasteiger partial charge in [0.05, 0.1) is 5.39 Å². The number of amides is 1. The zero-order valence-corrected chi connectivity index (χ0v) is 13.1. The molecule has 7 nitrogen and oxygen atoms in total. The lowest BCUT2D eigenvalue weighted by Crippen LogP contribution is -2.12. The number of benzene rings is 2. The van der Waals surface area contributed by atoms with E-state index in [9.17, 15) is 29.1 Å². The van der Waals surface area contributed by atoms with E-state index in [1.165, 1.54) is 0 Å². The van der Waals surface area contributed by atoms with Crippen LogP contribution in [0.4, 0.5) is 15.8 Å². The zero-order valence-electron chi connectivity index (χ0n) is 13.1. The predicted octanol–water partition coefficient (Wildman–Crippen LogP) is 3.40. The van der Waals surface area contributed by atoms with Gasteiger partial charge < -0.3 is 15.5 Å². The summed E-state index contributed by atoms with van der Waals surface area (Å²) < 4.78 is 13.8. The fourth-order valence-corrected chi connectivity index (χ4v) is 2.49. The fraction of sp³-hybridized carbons (Fsp3) is 0. The molecule has 1 amide bonds. The molecule has 0 aliphatic heterocycles. The standard InChI is InChI=1S/C18H11FN2O5/c19-12-7-9-6-10(18(25)20-11-4-2-1-3-5-11)8-13(22)17(24)14(9)15(21-26)16(12)23/h1-8,23H,(H,20,25)(H,22,24). The molecule has 0 spiro atoms. The molecule has 0 aliphatic carbocycles. The maximum Gasteiger partial charge on any atom is 0.255 e. The van der Waals surface area contributed by atoms with E-state index in [0.29, 0.717) is 5.69 Å². The molecule has 0 saturated carbocycles. The molecule has 130 valence electrons. The van der Waals surface area contributed by atoms with Crippen LogP contribution in [0.15, 0.2) is 58.5 Å². The monoisotopic (exact) mass is 354 g/mol. The lowest BCUT2D eigenvalue weighted by Gasteiger charge is -2.04. The normalized spacial score (nSPS) is 10.5. The number of carbonyl (C=O) groups excluding carboxylic acids is 1. The van der Waals surface area contributed by atoms with E-state index < -0.39 is 39.7 Å². The van der Waals surface area contributed by atoms with Crippen molar-refractivity contribution in [3.05, 3.63) is 75.0 Å². The van der Waals surface area contributed by atoms with Crippen LogP contribution in [0.3, 0.4) is 0 Å². The van der Waals surface area contributed by atoms with E-state index in [2.05, 4.69) is 10.5 Å². The molecular weight excluding hydrogens is 343 g/mol. The second-order valence-corrected chi connectivity index (χ2v) is 5.39. The Bertz CT molecular complexity index is 1100. The zero-order chi connectivity index (χ0) is 18.8. The van der Waals surface area contributed by atoms with E-state index in [4.69, 9.17) is 0 Å². The Labute approximate surface area is 145 Å². The quantitative estimate of drug-likeness (QED) is 0.623. The molecule has 3 aromatic rings. The molecule has 26 heavy (non-hydrogen) atoms. The highest BCUT2D eigenvalue weighted by atomic mass is 19.1. The fourth-order valence-electron chi connectivity index (χ4n) is 2.49. The van der Waals surface area contributed by atoms with Crippen molar-refractivity contribution < 1.29 is 19.4 Å². The maximum atomic E-state index is 13.8. The van der Waals surface area contributed by atoms with Gasteiger partial charge in [-0.3, -0.25) is 9.59 Å².